The van der Waals surface area contributed by atoms with Crippen LogP contribution in [0.5, 0.6) is 5.75 Å². The van der Waals surface area contributed by atoms with Crippen LogP contribution in [0, 0.1) is 6.92 Å². The van der Waals surface area contributed by atoms with Crippen molar-refractivity contribution in [2.24, 2.45) is 0 Å². The van der Waals surface area contributed by atoms with Crippen LogP contribution in [0.1, 0.15) is 22.9 Å². The van der Waals surface area contributed by atoms with Crippen LogP contribution in [0.4, 0.5) is 0 Å². The van der Waals surface area contributed by atoms with Gasteiger partial charge < -0.3 is 10.1 Å². The zero-order valence-corrected chi connectivity index (χ0v) is 13.1. The van der Waals surface area contributed by atoms with Gasteiger partial charge in [-0.05, 0) is 43.3 Å². The van der Waals surface area contributed by atoms with Gasteiger partial charge in [-0.1, -0.05) is 29.3 Å². The molecule has 1 N–H and O–H groups in total. The van der Waals surface area contributed by atoms with Crippen molar-refractivity contribution in [3.05, 3.63) is 57.3 Å². The smallest absolute Gasteiger partial charge is 0.119 e. The summed E-state index contributed by atoms with van der Waals surface area (Å²) in [5, 5.41) is 4.32. The summed E-state index contributed by atoms with van der Waals surface area (Å²) in [6, 6.07) is 7.54. The first-order valence-electron chi connectivity index (χ1n) is 6.19. The highest BCUT2D eigenvalue weighted by Gasteiger charge is 2.19. The summed E-state index contributed by atoms with van der Waals surface area (Å²) in [6.07, 6.45) is 1.60. The Morgan fingerprint density at radius 1 is 1.25 bits per heavy atom. The van der Waals surface area contributed by atoms with E-state index in [-0.39, 0.29) is 6.04 Å². The molecule has 0 aliphatic heterocycles. The van der Waals surface area contributed by atoms with Gasteiger partial charge in [-0.25, -0.2) is 0 Å². The Balaban J connectivity index is 2.47. The number of pyridine rings is 1. The summed E-state index contributed by atoms with van der Waals surface area (Å²) in [6.45, 7) is 2.03. The highest BCUT2D eigenvalue weighted by atomic mass is 35.5. The molecule has 20 heavy (non-hydrogen) atoms. The van der Waals surface area contributed by atoms with Crippen LogP contribution in [-0.4, -0.2) is 19.1 Å². The number of nitrogens with one attached hydrogen (secondary N) is 1. The maximum absolute atomic E-state index is 6.25. The third-order valence-corrected chi connectivity index (χ3v) is 3.70. The Labute approximate surface area is 128 Å². The summed E-state index contributed by atoms with van der Waals surface area (Å²) < 4.78 is 5.23. The predicted octanol–water partition coefficient (Wildman–Crippen LogP) is 4.01. The van der Waals surface area contributed by atoms with E-state index in [9.17, 15) is 0 Å². The van der Waals surface area contributed by atoms with Crippen molar-refractivity contribution in [1.29, 1.82) is 0 Å². The van der Waals surface area contributed by atoms with E-state index < -0.39 is 0 Å². The Morgan fingerprint density at radius 3 is 2.55 bits per heavy atom. The fourth-order valence-electron chi connectivity index (χ4n) is 2.18. The number of halogens is 2. The van der Waals surface area contributed by atoms with E-state index in [1.165, 1.54) is 0 Å². The third kappa shape index (κ3) is 3.06. The molecule has 1 unspecified atom stereocenters. The SMILES string of the molecule is CNC(c1ccc(OC)cc1C)c1ncc(Cl)cc1Cl. The number of benzene rings is 1. The van der Waals surface area contributed by atoms with Crippen LogP contribution in [0.2, 0.25) is 10.0 Å². The minimum atomic E-state index is -0.0920. The molecule has 1 aromatic heterocycles. The van der Waals surface area contributed by atoms with Crippen molar-refractivity contribution in [2.45, 2.75) is 13.0 Å². The van der Waals surface area contributed by atoms with Gasteiger partial charge >= 0.3 is 0 Å². The lowest BCUT2D eigenvalue weighted by molar-refractivity contribution is 0.414. The summed E-state index contributed by atoms with van der Waals surface area (Å²) in [4.78, 5) is 4.35. The maximum Gasteiger partial charge on any atom is 0.119 e. The minimum Gasteiger partial charge on any atom is -0.497 e. The average Bonchev–Trinajstić information content (AvgIpc) is 2.43. The van der Waals surface area contributed by atoms with Gasteiger partial charge in [-0.3, -0.25) is 4.98 Å². The molecule has 0 spiro atoms. The van der Waals surface area contributed by atoms with Crippen LogP contribution < -0.4 is 10.1 Å². The molecule has 3 nitrogen and oxygen atoms in total. The average molecular weight is 311 g/mol. The molecule has 1 aromatic carbocycles. The van der Waals surface area contributed by atoms with Crippen molar-refractivity contribution in [3.8, 4) is 5.75 Å². The standard InChI is InChI=1S/C15H16Cl2N2O/c1-9-6-11(20-3)4-5-12(9)14(18-2)15-13(17)7-10(16)8-19-15/h4-8,14,18H,1-3H3. The van der Waals surface area contributed by atoms with Crippen LogP contribution in [0.15, 0.2) is 30.5 Å². The third-order valence-electron chi connectivity index (χ3n) is 3.19. The molecule has 0 aliphatic rings. The first kappa shape index (κ1) is 15.1. The Hall–Kier alpha value is -1.29. The molecule has 2 rings (SSSR count). The molecular formula is C15H16Cl2N2O. The largest absolute Gasteiger partial charge is 0.497 e. The van der Waals surface area contributed by atoms with Crippen molar-refractivity contribution in [2.75, 3.05) is 14.2 Å². The van der Waals surface area contributed by atoms with Gasteiger partial charge in [0.2, 0.25) is 0 Å². The summed E-state index contributed by atoms with van der Waals surface area (Å²) in [7, 11) is 3.53. The van der Waals surface area contributed by atoms with E-state index in [1.54, 1.807) is 19.4 Å². The van der Waals surface area contributed by atoms with E-state index >= 15 is 0 Å². The molecule has 1 atom stereocenters. The first-order chi connectivity index (χ1) is 9.56. The number of rotatable bonds is 4. The number of aryl methyl sites for hydroxylation is 1. The fourth-order valence-corrected chi connectivity index (χ4v) is 2.67. The number of ether oxygens (including phenoxy) is 1. The number of hydrogen-bond acceptors (Lipinski definition) is 3. The van der Waals surface area contributed by atoms with Crippen LogP contribution >= 0.6 is 23.2 Å². The van der Waals surface area contributed by atoms with E-state index in [2.05, 4.69) is 10.3 Å². The lowest BCUT2D eigenvalue weighted by atomic mass is 9.98. The molecule has 0 bridgehead atoms. The van der Waals surface area contributed by atoms with Crippen molar-refractivity contribution < 1.29 is 4.74 Å². The fraction of sp³-hybridized carbons (Fsp3) is 0.267. The second-order valence-electron chi connectivity index (χ2n) is 4.46. The molecule has 0 amide bonds. The lowest BCUT2D eigenvalue weighted by Gasteiger charge is -2.20. The zero-order valence-electron chi connectivity index (χ0n) is 11.6. The molecule has 0 saturated carbocycles. The first-order valence-corrected chi connectivity index (χ1v) is 6.95. The molecule has 1 heterocycles. The monoisotopic (exact) mass is 310 g/mol. The van der Waals surface area contributed by atoms with Gasteiger partial charge in [0.25, 0.3) is 0 Å². The molecule has 5 heteroatoms. The van der Waals surface area contributed by atoms with Crippen LogP contribution in [-0.2, 0) is 0 Å². The molecule has 0 radical (unpaired) electrons. The quantitative estimate of drug-likeness (QED) is 0.926. The van der Waals surface area contributed by atoms with Gasteiger partial charge in [0.15, 0.2) is 0 Å². The highest BCUT2D eigenvalue weighted by Crippen LogP contribution is 2.31. The van der Waals surface area contributed by atoms with E-state index in [1.807, 2.05) is 32.2 Å². The Morgan fingerprint density at radius 2 is 2.00 bits per heavy atom. The van der Waals surface area contributed by atoms with E-state index in [4.69, 9.17) is 27.9 Å². The van der Waals surface area contributed by atoms with Crippen LogP contribution in [0.25, 0.3) is 0 Å². The molecule has 0 aliphatic carbocycles. The number of aromatic nitrogens is 1. The van der Waals surface area contributed by atoms with Crippen molar-refractivity contribution >= 4 is 23.2 Å². The number of methoxy groups -OCH3 is 1. The molecule has 106 valence electrons. The van der Waals surface area contributed by atoms with Gasteiger partial charge in [0, 0.05) is 6.20 Å². The predicted molar refractivity (Wildman–Crippen MR) is 82.9 cm³/mol. The summed E-state index contributed by atoms with van der Waals surface area (Å²) in [5.41, 5.74) is 2.97. The molecule has 2 aromatic rings. The lowest BCUT2D eigenvalue weighted by Crippen LogP contribution is -2.20. The van der Waals surface area contributed by atoms with Gasteiger partial charge in [0.05, 0.1) is 28.9 Å². The maximum atomic E-state index is 6.25. The van der Waals surface area contributed by atoms with Crippen molar-refractivity contribution in [3.63, 3.8) is 0 Å². The van der Waals surface area contributed by atoms with E-state index in [0.717, 1.165) is 22.6 Å². The van der Waals surface area contributed by atoms with E-state index in [0.29, 0.717) is 10.0 Å². The normalized spacial score (nSPS) is 12.2. The second kappa shape index (κ2) is 6.44. The number of hydrogen-bond donors (Lipinski definition) is 1. The van der Waals surface area contributed by atoms with Gasteiger partial charge in [-0.2, -0.15) is 0 Å². The molecule has 0 fully saturated rings. The van der Waals surface area contributed by atoms with Gasteiger partial charge in [-0.15, -0.1) is 0 Å². The summed E-state index contributed by atoms with van der Waals surface area (Å²) in [5.74, 6) is 0.830. The molecular weight excluding hydrogens is 295 g/mol. The topological polar surface area (TPSA) is 34.1 Å². The highest BCUT2D eigenvalue weighted by molar-refractivity contribution is 6.34. The molecule has 0 saturated heterocycles. The van der Waals surface area contributed by atoms with Gasteiger partial charge in [0.1, 0.15) is 5.75 Å². The minimum absolute atomic E-state index is 0.0920. The van der Waals surface area contributed by atoms with Crippen molar-refractivity contribution in [1.82, 2.24) is 10.3 Å². The Bertz CT molecular complexity index is 617. The van der Waals surface area contributed by atoms with Crippen LogP contribution in [0.3, 0.4) is 0 Å². The summed E-state index contributed by atoms with van der Waals surface area (Å²) >= 11 is 12.1. The zero-order chi connectivity index (χ0) is 14.7. The second-order valence-corrected chi connectivity index (χ2v) is 5.31. The number of nitrogens with zero attached hydrogens (tertiary/aromatic N) is 1. The Kier molecular flexibility index (Phi) is 4.86.